The number of aliphatic hydroxyl groups is 1. The molecule has 0 bridgehead atoms. The fraction of sp³-hybridized carbons (Fsp3) is 0.615. The molecule has 0 radical (unpaired) electrons. The van der Waals surface area contributed by atoms with E-state index in [1.165, 1.54) is 5.56 Å². The smallest absolute Gasteiger partial charge is 0.128 e. The Morgan fingerprint density at radius 3 is 2.56 bits per heavy atom. The van der Waals surface area contributed by atoms with Crippen LogP contribution in [0.25, 0.3) is 0 Å². The topological polar surface area (TPSA) is 36.4 Å². The summed E-state index contributed by atoms with van der Waals surface area (Å²) in [7, 11) is 0. The van der Waals surface area contributed by atoms with Gasteiger partial charge in [0.05, 0.1) is 6.10 Å². The Hall–Kier alpha value is -1.09. The molecule has 1 N–H and O–H groups in total. The van der Waals surface area contributed by atoms with Gasteiger partial charge in [-0.05, 0) is 23.5 Å². The summed E-state index contributed by atoms with van der Waals surface area (Å²) in [5.74, 6) is 0.976. The third-order valence-electron chi connectivity index (χ3n) is 3.10. The van der Waals surface area contributed by atoms with Crippen LogP contribution in [0.3, 0.4) is 0 Å². The van der Waals surface area contributed by atoms with Gasteiger partial charge >= 0.3 is 0 Å². The van der Waals surface area contributed by atoms with Crippen LogP contribution < -0.4 is 4.90 Å². The highest BCUT2D eigenvalue weighted by atomic mass is 16.3. The third-order valence-corrected chi connectivity index (χ3v) is 3.10. The van der Waals surface area contributed by atoms with Crippen LogP contribution in [-0.2, 0) is 5.41 Å². The molecule has 1 aromatic rings. The summed E-state index contributed by atoms with van der Waals surface area (Å²) in [4.78, 5) is 6.61. The third kappa shape index (κ3) is 2.35. The summed E-state index contributed by atoms with van der Waals surface area (Å²) in [6, 6.07) is 4.19. The molecule has 1 aliphatic heterocycles. The van der Waals surface area contributed by atoms with E-state index in [-0.39, 0.29) is 11.5 Å². The Morgan fingerprint density at radius 1 is 1.38 bits per heavy atom. The van der Waals surface area contributed by atoms with Crippen LogP contribution in [0.2, 0.25) is 0 Å². The van der Waals surface area contributed by atoms with Gasteiger partial charge in [-0.2, -0.15) is 0 Å². The normalized spacial score (nSPS) is 21.5. The van der Waals surface area contributed by atoms with E-state index >= 15 is 0 Å². The van der Waals surface area contributed by atoms with Crippen molar-refractivity contribution < 1.29 is 5.11 Å². The van der Waals surface area contributed by atoms with E-state index in [4.69, 9.17) is 0 Å². The number of nitrogens with zero attached hydrogens (tertiary/aromatic N) is 2. The summed E-state index contributed by atoms with van der Waals surface area (Å²) in [6.45, 7) is 8.17. The Labute approximate surface area is 97.1 Å². The minimum Gasteiger partial charge on any atom is -0.391 e. The molecule has 0 aliphatic carbocycles. The highest BCUT2D eigenvalue weighted by molar-refractivity contribution is 5.41. The van der Waals surface area contributed by atoms with E-state index in [2.05, 4.69) is 42.8 Å². The van der Waals surface area contributed by atoms with Crippen LogP contribution in [0.15, 0.2) is 18.3 Å². The van der Waals surface area contributed by atoms with Crippen LogP contribution in [0.4, 0.5) is 5.82 Å². The van der Waals surface area contributed by atoms with Crippen LogP contribution in [0.1, 0.15) is 32.8 Å². The van der Waals surface area contributed by atoms with Gasteiger partial charge in [-0.1, -0.05) is 26.8 Å². The molecular formula is C13H20N2O. The first-order valence-corrected chi connectivity index (χ1v) is 5.86. The van der Waals surface area contributed by atoms with Crippen molar-refractivity contribution in [2.75, 3.05) is 18.0 Å². The van der Waals surface area contributed by atoms with Crippen molar-refractivity contribution in [1.82, 2.24) is 4.98 Å². The number of anilines is 1. The van der Waals surface area contributed by atoms with Crippen molar-refractivity contribution in [3.05, 3.63) is 23.9 Å². The molecule has 88 valence electrons. The zero-order valence-electron chi connectivity index (χ0n) is 10.3. The molecule has 2 heterocycles. The molecule has 1 unspecified atom stereocenters. The number of pyridine rings is 1. The lowest BCUT2D eigenvalue weighted by Gasteiger charge is -2.21. The first-order valence-electron chi connectivity index (χ1n) is 5.86. The second-order valence-electron chi connectivity index (χ2n) is 5.54. The van der Waals surface area contributed by atoms with E-state index in [0.717, 1.165) is 18.8 Å². The number of hydrogen-bond donors (Lipinski definition) is 1. The Morgan fingerprint density at radius 2 is 2.12 bits per heavy atom. The molecule has 1 saturated heterocycles. The lowest BCUT2D eigenvalue weighted by molar-refractivity contribution is 0.198. The molecule has 0 amide bonds. The summed E-state index contributed by atoms with van der Waals surface area (Å²) in [5.41, 5.74) is 1.40. The average molecular weight is 220 g/mol. The minimum absolute atomic E-state index is 0.149. The predicted octanol–water partition coefficient (Wildman–Crippen LogP) is 1.95. The maximum Gasteiger partial charge on any atom is 0.128 e. The summed E-state index contributed by atoms with van der Waals surface area (Å²) >= 11 is 0. The predicted molar refractivity (Wildman–Crippen MR) is 65.8 cm³/mol. The van der Waals surface area contributed by atoms with Crippen LogP contribution >= 0.6 is 0 Å². The van der Waals surface area contributed by atoms with Crippen molar-refractivity contribution in [2.24, 2.45) is 0 Å². The van der Waals surface area contributed by atoms with Gasteiger partial charge < -0.3 is 10.0 Å². The molecule has 16 heavy (non-hydrogen) atoms. The molecular weight excluding hydrogens is 200 g/mol. The van der Waals surface area contributed by atoms with Crippen LogP contribution in [0, 0.1) is 0 Å². The molecule has 1 aromatic heterocycles. The highest BCUT2D eigenvalue weighted by Crippen LogP contribution is 2.24. The summed E-state index contributed by atoms with van der Waals surface area (Å²) in [5, 5.41) is 9.48. The standard InChI is InChI=1S/C13H20N2O/c1-13(2,3)10-4-5-12(14-8-10)15-7-6-11(16)9-15/h4-5,8,11,16H,6-7,9H2,1-3H3. The second-order valence-corrected chi connectivity index (χ2v) is 5.54. The first kappa shape index (κ1) is 11.4. The molecule has 3 nitrogen and oxygen atoms in total. The molecule has 2 rings (SSSR count). The van der Waals surface area contributed by atoms with Gasteiger partial charge in [0.25, 0.3) is 0 Å². The highest BCUT2D eigenvalue weighted by Gasteiger charge is 2.21. The largest absolute Gasteiger partial charge is 0.391 e. The van der Waals surface area contributed by atoms with Crippen molar-refractivity contribution in [3.8, 4) is 0 Å². The quantitative estimate of drug-likeness (QED) is 0.786. The monoisotopic (exact) mass is 220 g/mol. The molecule has 1 atom stereocenters. The summed E-state index contributed by atoms with van der Waals surface area (Å²) in [6.07, 6.45) is 2.60. The zero-order chi connectivity index (χ0) is 11.8. The SMILES string of the molecule is CC(C)(C)c1ccc(N2CCC(O)C2)nc1. The van der Waals surface area contributed by atoms with E-state index in [1.54, 1.807) is 0 Å². The van der Waals surface area contributed by atoms with Crippen molar-refractivity contribution >= 4 is 5.82 Å². The number of rotatable bonds is 1. The van der Waals surface area contributed by atoms with E-state index in [0.29, 0.717) is 6.54 Å². The molecule has 3 heteroatoms. The molecule has 1 aliphatic rings. The van der Waals surface area contributed by atoms with Gasteiger partial charge in [0.15, 0.2) is 0 Å². The van der Waals surface area contributed by atoms with Crippen LogP contribution in [-0.4, -0.2) is 29.3 Å². The fourth-order valence-electron chi connectivity index (χ4n) is 1.97. The minimum atomic E-state index is -0.191. The second kappa shape index (κ2) is 4.06. The van der Waals surface area contributed by atoms with Gasteiger partial charge in [0.2, 0.25) is 0 Å². The van der Waals surface area contributed by atoms with Crippen molar-refractivity contribution in [3.63, 3.8) is 0 Å². The van der Waals surface area contributed by atoms with E-state index in [1.807, 2.05) is 6.20 Å². The lowest BCUT2D eigenvalue weighted by Crippen LogP contribution is -2.22. The zero-order valence-corrected chi connectivity index (χ0v) is 10.3. The lowest BCUT2D eigenvalue weighted by atomic mass is 9.88. The maximum absolute atomic E-state index is 9.48. The molecule has 0 aromatic carbocycles. The summed E-state index contributed by atoms with van der Waals surface area (Å²) < 4.78 is 0. The average Bonchev–Trinajstić information content (AvgIpc) is 2.64. The van der Waals surface area contributed by atoms with Gasteiger partial charge in [-0.3, -0.25) is 0 Å². The number of aliphatic hydroxyl groups excluding tert-OH is 1. The molecule has 0 spiro atoms. The van der Waals surface area contributed by atoms with Gasteiger partial charge in [0.1, 0.15) is 5.82 Å². The van der Waals surface area contributed by atoms with Crippen molar-refractivity contribution in [2.45, 2.75) is 38.7 Å². The van der Waals surface area contributed by atoms with E-state index in [9.17, 15) is 5.11 Å². The molecule has 0 saturated carbocycles. The van der Waals surface area contributed by atoms with Gasteiger partial charge in [0, 0.05) is 19.3 Å². The molecule has 1 fully saturated rings. The first-order chi connectivity index (χ1) is 7.47. The number of hydrogen-bond acceptors (Lipinski definition) is 3. The Balaban J connectivity index is 2.14. The van der Waals surface area contributed by atoms with Gasteiger partial charge in [-0.15, -0.1) is 0 Å². The number of β-amino-alcohol motifs (C(OH)–C–C–N with tert-alkyl or cyclic N) is 1. The fourth-order valence-corrected chi connectivity index (χ4v) is 1.97. The Kier molecular flexibility index (Phi) is 2.89. The maximum atomic E-state index is 9.48. The van der Waals surface area contributed by atoms with E-state index < -0.39 is 0 Å². The van der Waals surface area contributed by atoms with Gasteiger partial charge in [-0.25, -0.2) is 4.98 Å². The van der Waals surface area contributed by atoms with Crippen molar-refractivity contribution in [1.29, 1.82) is 0 Å². The Bertz CT molecular complexity index is 353. The number of aromatic nitrogens is 1. The van der Waals surface area contributed by atoms with Crippen LogP contribution in [0.5, 0.6) is 0 Å².